The van der Waals surface area contributed by atoms with Gasteiger partial charge in [-0.2, -0.15) is 0 Å². The topological polar surface area (TPSA) is 64.4 Å². The average Bonchev–Trinajstić information content (AvgIpc) is 2.20. The number of aromatic carboxylic acids is 1. The highest BCUT2D eigenvalue weighted by atomic mass is 32.2. The van der Waals surface area contributed by atoms with Gasteiger partial charge in [-0.05, 0) is 30.1 Å². The van der Waals surface area contributed by atoms with Crippen LogP contribution >= 0.6 is 11.9 Å². The molecular weight excluding hydrogens is 200 g/mol. The van der Waals surface area contributed by atoms with Crippen LogP contribution in [0.3, 0.4) is 0 Å². The molecule has 0 aliphatic rings. The number of nitrogens with one attached hydrogen (secondary N) is 1. The number of carboxylic acids is 1. The van der Waals surface area contributed by atoms with Gasteiger partial charge in [-0.1, -0.05) is 6.07 Å². The second-order valence-corrected chi connectivity index (χ2v) is 3.25. The van der Waals surface area contributed by atoms with Gasteiger partial charge in [0.2, 0.25) is 0 Å². The Kier molecular flexibility index (Phi) is 3.53. The molecule has 1 aromatic rings. The van der Waals surface area contributed by atoms with Crippen molar-refractivity contribution in [1.29, 1.82) is 5.41 Å². The lowest BCUT2D eigenvalue weighted by Gasteiger charge is -2.14. The highest BCUT2D eigenvalue weighted by molar-refractivity contribution is 8.00. The minimum atomic E-state index is -0.960. The van der Waals surface area contributed by atoms with E-state index in [0.717, 1.165) is 6.34 Å². The zero-order valence-electron chi connectivity index (χ0n) is 7.60. The predicted octanol–water partition coefficient (Wildman–Crippen LogP) is 2.08. The molecule has 5 heteroatoms. The van der Waals surface area contributed by atoms with Crippen LogP contribution in [0.25, 0.3) is 0 Å². The van der Waals surface area contributed by atoms with Crippen molar-refractivity contribution in [2.75, 3.05) is 10.6 Å². The van der Waals surface area contributed by atoms with E-state index in [1.165, 1.54) is 24.1 Å². The highest BCUT2D eigenvalue weighted by Gasteiger charge is 2.06. The minimum Gasteiger partial charge on any atom is -0.478 e. The highest BCUT2D eigenvalue weighted by Crippen LogP contribution is 2.19. The normalized spacial score (nSPS) is 9.50. The molecule has 74 valence electrons. The van der Waals surface area contributed by atoms with Crippen molar-refractivity contribution in [2.24, 2.45) is 0 Å². The Balaban J connectivity index is 3.03. The van der Waals surface area contributed by atoms with Gasteiger partial charge in [-0.25, -0.2) is 4.79 Å². The molecule has 1 rings (SSSR count). The summed E-state index contributed by atoms with van der Waals surface area (Å²) < 4.78 is 1.58. The van der Waals surface area contributed by atoms with Crippen LogP contribution in [0, 0.1) is 5.41 Å². The van der Waals surface area contributed by atoms with E-state index in [1.54, 1.807) is 16.4 Å². The zero-order chi connectivity index (χ0) is 10.6. The van der Waals surface area contributed by atoms with Crippen molar-refractivity contribution in [3.05, 3.63) is 29.8 Å². The lowest BCUT2D eigenvalue weighted by Crippen LogP contribution is -2.10. The molecule has 1 aromatic carbocycles. The molecule has 0 aliphatic heterocycles. The molecule has 14 heavy (non-hydrogen) atoms. The Morgan fingerprint density at radius 2 is 2.36 bits per heavy atom. The average molecular weight is 210 g/mol. The predicted molar refractivity (Wildman–Crippen MR) is 58.2 cm³/mol. The molecule has 0 bridgehead atoms. The first-order valence-electron chi connectivity index (χ1n) is 3.86. The number of carbonyl (C=O) groups is 1. The Hall–Kier alpha value is -1.49. The quantitative estimate of drug-likeness (QED) is 0.453. The maximum atomic E-state index is 10.7. The van der Waals surface area contributed by atoms with E-state index < -0.39 is 5.97 Å². The van der Waals surface area contributed by atoms with Gasteiger partial charge in [0.1, 0.15) is 0 Å². The standard InChI is InChI=1S/C9H10N2O2S/c1-14-11(6-10)8-4-2-3-7(5-8)9(12)13/h2-6,10H,1H3,(H,12,13). The summed E-state index contributed by atoms with van der Waals surface area (Å²) in [4.78, 5) is 10.7. The molecule has 0 spiro atoms. The first kappa shape index (κ1) is 10.6. The molecule has 4 nitrogen and oxygen atoms in total. The fraction of sp³-hybridized carbons (Fsp3) is 0.111. The molecule has 0 radical (unpaired) electrons. The maximum Gasteiger partial charge on any atom is 0.335 e. The van der Waals surface area contributed by atoms with Crippen molar-refractivity contribution in [2.45, 2.75) is 0 Å². The molecule has 0 fully saturated rings. The largest absolute Gasteiger partial charge is 0.478 e. The third-order valence-corrected chi connectivity index (χ3v) is 2.37. The second-order valence-electron chi connectivity index (χ2n) is 2.49. The number of benzene rings is 1. The van der Waals surface area contributed by atoms with E-state index in [1.807, 2.05) is 6.26 Å². The van der Waals surface area contributed by atoms with Crippen LogP contribution < -0.4 is 4.31 Å². The summed E-state index contributed by atoms with van der Waals surface area (Å²) in [5.41, 5.74) is 0.913. The van der Waals surface area contributed by atoms with E-state index >= 15 is 0 Å². The first-order valence-corrected chi connectivity index (χ1v) is 5.04. The molecular formula is C9H10N2O2S. The molecule has 0 saturated heterocycles. The van der Waals surface area contributed by atoms with Crippen molar-refractivity contribution in [1.82, 2.24) is 0 Å². The van der Waals surface area contributed by atoms with E-state index in [-0.39, 0.29) is 5.56 Å². The first-order chi connectivity index (χ1) is 6.69. The fourth-order valence-electron chi connectivity index (χ4n) is 1.01. The van der Waals surface area contributed by atoms with E-state index in [9.17, 15) is 4.79 Å². The SMILES string of the molecule is CSN(C=N)c1cccc(C(=O)O)c1. The van der Waals surface area contributed by atoms with Gasteiger partial charge in [-0.3, -0.25) is 9.71 Å². The number of hydrogen-bond acceptors (Lipinski definition) is 3. The van der Waals surface area contributed by atoms with Gasteiger partial charge in [0.15, 0.2) is 0 Å². The summed E-state index contributed by atoms with van der Waals surface area (Å²) in [6, 6.07) is 6.47. The molecule has 0 saturated carbocycles. The second kappa shape index (κ2) is 4.66. The number of rotatable bonds is 4. The van der Waals surface area contributed by atoms with Crippen LogP contribution in [0.15, 0.2) is 24.3 Å². The van der Waals surface area contributed by atoms with Crippen molar-refractivity contribution >= 4 is 29.9 Å². The van der Waals surface area contributed by atoms with Crippen molar-refractivity contribution in [3.8, 4) is 0 Å². The third-order valence-electron chi connectivity index (χ3n) is 1.66. The maximum absolute atomic E-state index is 10.7. The summed E-state index contributed by atoms with van der Waals surface area (Å²) in [6.45, 7) is 0. The van der Waals surface area contributed by atoms with Gasteiger partial charge < -0.3 is 5.11 Å². The van der Waals surface area contributed by atoms with Crippen LogP contribution in [0.2, 0.25) is 0 Å². The summed E-state index contributed by atoms with van der Waals surface area (Å²) in [5.74, 6) is -0.960. The molecule has 0 unspecified atom stereocenters. The van der Waals surface area contributed by atoms with E-state index in [0.29, 0.717) is 5.69 Å². The summed E-state index contributed by atoms with van der Waals surface area (Å²) >= 11 is 1.34. The van der Waals surface area contributed by atoms with Crippen LogP contribution in [0.4, 0.5) is 5.69 Å². The molecule has 0 aromatic heterocycles. The lowest BCUT2D eigenvalue weighted by molar-refractivity contribution is 0.0697. The fourth-order valence-corrected chi connectivity index (χ4v) is 1.44. The summed E-state index contributed by atoms with van der Waals surface area (Å²) in [6.07, 6.45) is 2.96. The van der Waals surface area contributed by atoms with Crippen LogP contribution in [0.1, 0.15) is 10.4 Å². The van der Waals surface area contributed by atoms with Crippen LogP contribution in [-0.2, 0) is 0 Å². The Labute approximate surface area is 86.2 Å². The Bertz CT molecular complexity index is 354. The van der Waals surface area contributed by atoms with Gasteiger partial charge in [0, 0.05) is 6.26 Å². The lowest BCUT2D eigenvalue weighted by atomic mass is 10.2. The Morgan fingerprint density at radius 3 is 2.86 bits per heavy atom. The molecule has 0 amide bonds. The van der Waals surface area contributed by atoms with Crippen molar-refractivity contribution in [3.63, 3.8) is 0 Å². The van der Waals surface area contributed by atoms with Gasteiger partial charge >= 0.3 is 5.97 Å². The summed E-state index contributed by atoms with van der Waals surface area (Å²) in [7, 11) is 0. The minimum absolute atomic E-state index is 0.225. The molecule has 2 N–H and O–H groups in total. The number of hydrogen-bond donors (Lipinski definition) is 2. The third kappa shape index (κ3) is 2.26. The van der Waals surface area contributed by atoms with Crippen molar-refractivity contribution < 1.29 is 9.90 Å². The monoisotopic (exact) mass is 210 g/mol. The van der Waals surface area contributed by atoms with E-state index in [2.05, 4.69) is 0 Å². The Morgan fingerprint density at radius 1 is 1.64 bits per heavy atom. The van der Waals surface area contributed by atoms with E-state index in [4.69, 9.17) is 10.5 Å². The smallest absolute Gasteiger partial charge is 0.335 e. The summed E-state index contributed by atoms with van der Waals surface area (Å²) in [5, 5.41) is 15.9. The van der Waals surface area contributed by atoms with Gasteiger partial charge in [0.25, 0.3) is 0 Å². The van der Waals surface area contributed by atoms with Crippen LogP contribution in [0.5, 0.6) is 0 Å². The van der Waals surface area contributed by atoms with Gasteiger partial charge in [0.05, 0.1) is 17.6 Å². The number of nitrogens with zero attached hydrogens (tertiary/aromatic N) is 1. The molecule has 0 atom stereocenters. The number of carboxylic acid groups (broad SMARTS) is 1. The van der Waals surface area contributed by atoms with Gasteiger partial charge in [-0.15, -0.1) is 0 Å². The van der Waals surface area contributed by atoms with Crippen LogP contribution in [-0.4, -0.2) is 23.7 Å². The molecule has 0 heterocycles. The molecule has 0 aliphatic carbocycles. The number of anilines is 1. The zero-order valence-corrected chi connectivity index (χ0v) is 8.41.